The lowest BCUT2D eigenvalue weighted by Gasteiger charge is -2.40. The van der Waals surface area contributed by atoms with Gasteiger partial charge >= 0.3 is 0 Å². The van der Waals surface area contributed by atoms with Crippen molar-refractivity contribution in [2.45, 2.75) is 30.6 Å². The Morgan fingerprint density at radius 3 is 2.74 bits per heavy atom. The third kappa shape index (κ3) is 3.28. The first-order chi connectivity index (χ1) is 9.06. The van der Waals surface area contributed by atoms with Gasteiger partial charge in [0.2, 0.25) is 5.91 Å². The van der Waals surface area contributed by atoms with Crippen molar-refractivity contribution in [3.8, 4) is 0 Å². The Morgan fingerprint density at radius 1 is 1.53 bits per heavy atom. The van der Waals surface area contributed by atoms with E-state index >= 15 is 0 Å². The molecule has 0 aromatic heterocycles. The number of thioether (sulfide) groups is 1. The van der Waals surface area contributed by atoms with Crippen molar-refractivity contribution >= 4 is 17.7 Å². The van der Waals surface area contributed by atoms with Crippen molar-refractivity contribution < 1.29 is 9.18 Å². The first-order valence-corrected chi connectivity index (χ1v) is 7.63. The van der Waals surface area contributed by atoms with E-state index in [2.05, 4.69) is 11.6 Å². The van der Waals surface area contributed by atoms with Gasteiger partial charge in [0.1, 0.15) is 5.82 Å². The van der Waals surface area contributed by atoms with Crippen LogP contribution in [0.1, 0.15) is 35.2 Å². The Bertz CT molecular complexity index is 469. The minimum Gasteiger partial charge on any atom is -0.366 e. The van der Waals surface area contributed by atoms with Crippen LogP contribution >= 0.6 is 11.8 Å². The number of carbonyl (C=O) groups excluding carboxylic acids is 1. The smallest absolute Gasteiger partial charge is 0.248 e. The molecule has 0 radical (unpaired) electrons. The summed E-state index contributed by atoms with van der Waals surface area (Å²) in [6, 6.07) is 4.39. The van der Waals surface area contributed by atoms with Gasteiger partial charge in [0, 0.05) is 29.0 Å². The number of amides is 1. The van der Waals surface area contributed by atoms with Crippen molar-refractivity contribution in [2.75, 3.05) is 12.8 Å². The number of nitrogens with two attached hydrogens (primary N) is 1. The second-order valence-electron chi connectivity index (χ2n) is 5.01. The van der Waals surface area contributed by atoms with Gasteiger partial charge in [-0.2, -0.15) is 11.8 Å². The quantitative estimate of drug-likeness (QED) is 0.842. The number of hydrogen-bond donors (Lipinski definition) is 2. The lowest BCUT2D eigenvalue weighted by molar-refractivity contribution is 0.1000. The van der Waals surface area contributed by atoms with Gasteiger partial charge in [-0.15, -0.1) is 0 Å². The number of primary amides is 1. The average molecular weight is 282 g/mol. The molecule has 0 heterocycles. The standard InChI is InChI=1S/C14H19FN2OS/c1-19-14(5-2-6-14)9-17-8-11-4-3-10(13(16)18)7-12(11)15/h3-4,7,17H,2,5-6,8-9H2,1H3,(H2,16,18). The van der Waals surface area contributed by atoms with Gasteiger partial charge < -0.3 is 11.1 Å². The summed E-state index contributed by atoms with van der Waals surface area (Å²) in [4.78, 5) is 10.9. The molecule has 1 aliphatic rings. The van der Waals surface area contributed by atoms with Gasteiger partial charge in [-0.25, -0.2) is 4.39 Å². The van der Waals surface area contributed by atoms with Crippen LogP contribution in [0.5, 0.6) is 0 Å². The number of rotatable bonds is 6. The Hall–Kier alpha value is -1.07. The molecular formula is C14H19FN2OS. The SMILES string of the molecule is CSC1(CNCc2ccc(C(N)=O)cc2F)CCC1. The molecule has 2 rings (SSSR count). The lowest BCUT2D eigenvalue weighted by atomic mass is 9.84. The maximum absolute atomic E-state index is 13.8. The minimum atomic E-state index is -0.603. The van der Waals surface area contributed by atoms with Crippen LogP contribution in [-0.2, 0) is 6.54 Å². The van der Waals surface area contributed by atoms with Crippen molar-refractivity contribution in [3.05, 3.63) is 35.1 Å². The minimum absolute atomic E-state index is 0.209. The van der Waals surface area contributed by atoms with E-state index in [9.17, 15) is 9.18 Å². The molecule has 1 amide bonds. The molecule has 1 aromatic rings. The highest BCUT2D eigenvalue weighted by molar-refractivity contribution is 8.00. The van der Waals surface area contributed by atoms with Crippen LogP contribution in [0.15, 0.2) is 18.2 Å². The Balaban J connectivity index is 1.91. The highest BCUT2D eigenvalue weighted by Crippen LogP contribution is 2.42. The second-order valence-corrected chi connectivity index (χ2v) is 6.29. The molecule has 0 spiro atoms. The van der Waals surface area contributed by atoms with E-state index < -0.39 is 5.91 Å². The van der Waals surface area contributed by atoms with E-state index in [1.54, 1.807) is 12.1 Å². The molecular weight excluding hydrogens is 263 g/mol. The second kappa shape index (κ2) is 5.92. The van der Waals surface area contributed by atoms with Gasteiger partial charge in [0.15, 0.2) is 0 Å². The molecule has 1 fully saturated rings. The Morgan fingerprint density at radius 2 is 2.26 bits per heavy atom. The number of nitrogens with one attached hydrogen (secondary N) is 1. The van der Waals surface area contributed by atoms with E-state index in [0.717, 1.165) is 6.54 Å². The molecule has 1 saturated carbocycles. The van der Waals surface area contributed by atoms with E-state index in [1.165, 1.54) is 25.3 Å². The summed E-state index contributed by atoms with van der Waals surface area (Å²) in [7, 11) is 0. The summed E-state index contributed by atoms with van der Waals surface area (Å²) in [5.41, 5.74) is 5.89. The number of hydrogen-bond acceptors (Lipinski definition) is 3. The van der Waals surface area contributed by atoms with Crippen LogP contribution < -0.4 is 11.1 Å². The molecule has 3 N–H and O–H groups in total. The molecule has 0 aliphatic heterocycles. The molecule has 0 bridgehead atoms. The maximum Gasteiger partial charge on any atom is 0.248 e. The van der Waals surface area contributed by atoms with E-state index in [1.807, 2.05) is 11.8 Å². The van der Waals surface area contributed by atoms with Crippen LogP contribution in [0.4, 0.5) is 4.39 Å². The van der Waals surface area contributed by atoms with Crippen molar-refractivity contribution in [2.24, 2.45) is 5.73 Å². The van der Waals surface area contributed by atoms with Gasteiger partial charge in [0.05, 0.1) is 0 Å². The van der Waals surface area contributed by atoms with Gasteiger partial charge in [-0.3, -0.25) is 4.79 Å². The molecule has 1 aliphatic carbocycles. The topological polar surface area (TPSA) is 55.1 Å². The molecule has 0 unspecified atom stereocenters. The van der Waals surface area contributed by atoms with Crippen LogP contribution in [0.3, 0.4) is 0 Å². The maximum atomic E-state index is 13.8. The average Bonchev–Trinajstić information content (AvgIpc) is 2.34. The summed E-state index contributed by atoms with van der Waals surface area (Å²) < 4.78 is 14.1. The molecule has 1 aromatic carbocycles. The van der Waals surface area contributed by atoms with Gasteiger partial charge in [-0.05, 0) is 31.2 Å². The largest absolute Gasteiger partial charge is 0.366 e. The van der Waals surface area contributed by atoms with Crippen LogP contribution in [0.2, 0.25) is 0 Å². The highest BCUT2D eigenvalue weighted by Gasteiger charge is 2.35. The predicted octanol–water partition coefficient (Wildman–Crippen LogP) is 2.30. The zero-order valence-corrected chi connectivity index (χ0v) is 11.9. The fourth-order valence-electron chi connectivity index (χ4n) is 2.29. The third-order valence-electron chi connectivity index (χ3n) is 3.80. The van der Waals surface area contributed by atoms with E-state index in [4.69, 9.17) is 5.73 Å². The molecule has 19 heavy (non-hydrogen) atoms. The summed E-state index contributed by atoms with van der Waals surface area (Å²) in [5.74, 6) is -0.982. The fraction of sp³-hybridized carbons (Fsp3) is 0.500. The highest BCUT2D eigenvalue weighted by atomic mass is 32.2. The van der Waals surface area contributed by atoms with E-state index in [0.29, 0.717) is 16.9 Å². The Labute approximate surface area is 117 Å². The van der Waals surface area contributed by atoms with Gasteiger partial charge in [0.25, 0.3) is 0 Å². The van der Waals surface area contributed by atoms with Crippen molar-refractivity contribution in [1.82, 2.24) is 5.32 Å². The normalized spacial score (nSPS) is 16.9. The number of benzene rings is 1. The number of halogens is 1. The third-order valence-corrected chi connectivity index (χ3v) is 5.22. The van der Waals surface area contributed by atoms with Crippen molar-refractivity contribution in [1.29, 1.82) is 0 Å². The number of carbonyl (C=O) groups is 1. The summed E-state index contributed by atoms with van der Waals surface area (Å²) in [6.45, 7) is 1.37. The summed E-state index contributed by atoms with van der Waals surface area (Å²) in [5, 5.41) is 3.31. The monoisotopic (exact) mass is 282 g/mol. The lowest BCUT2D eigenvalue weighted by Crippen LogP contribution is -2.43. The molecule has 3 nitrogen and oxygen atoms in total. The molecule has 104 valence electrons. The van der Waals surface area contributed by atoms with Crippen molar-refractivity contribution in [3.63, 3.8) is 0 Å². The summed E-state index contributed by atoms with van der Waals surface area (Å²) in [6.07, 6.45) is 5.86. The predicted molar refractivity (Wildman–Crippen MR) is 76.7 cm³/mol. The van der Waals surface area contributed by atoms with E-state index in [-0.39, 0.29) is 11.4 Å². The Kier molecular flexibility index (Phi) is 4.47. The molecule has 5 heteroatoms. The summed E-state index contributed by atoms with van der Waals surface area (Å²) >= 11 is 1.89. The first kappa shape index (κ1) is 14.3. The van der Waals surface area contributed by atoms with Crippen LogP contribution in [-0.4, -0.2) is 23.5 Å². The molecule has 0 saturated heterocycles. The molecule has 0 atom stereocenters. The zero-order chi connectivity index (χ0) is 13.9. The van der Waals surface area contributed by atoms with Gasteiger partial charge in [-0.1, -0.05) is 12.5 Å². The van der Waals surface area contributed by atoms with Crippen LogP contribution in [0.25, 0.3) is 0 Å². The van der Waals surface area contributed by atoms with Crippen LogP contribution in [0, 0.1) is 5.82 Å². The zero-order valence-electron chi connectivity index (χ0n) is 11.0. The fourth-order valence-corrected chi connectivity index (χ4v) is 3.24. The first-order valence-electron chi connectivity index (χ1n) is 6.40.